The molecule has 8 aromatic carbocycles. The van der Waals surface area contributed by atoms with E-state index in [1.54, 1.807) is 0 Å². The minimum atomic E-state index is -0.0623. The van der Waals surface area contributed by atoms with Crippen LogP contribution in [-0.2, 0) is 0 Å². The van der Waals surface area contributed by atoms with Crippen LogP contribution in [0.5, 0.6) is 0 Å². The number of nitrogens with zero attached hydrogens (tertiary/aromatic N) is 1. The molecule has 0 aliphatic heterocycles. The zero-order valence-electron chi connectivity index (χ0n) is 24.7. The molecule has 0 atom stereocenters. The van der Waals surface area contributed by atoms with Gasteiger partial charge in [-0.3, -0.25) is 9.36 Å². The molecule has 0 amide bonds. The van der Waals surface area contributed by atoms with E-state index >= 15 is 0 Å². The summed E-state index contributed by atoms with van der Waals surface area (Å²) in [5.74, 6) is 0. The van der Waals surface area contributed by atoms with E-state index in [9.17, 15) is 4.79 Å². The molecule has 214 valence electrons. The Morgan fingerprint density at radius 1 is 0.435 bits per heavy atom. The molecule has 0 unspecified atom stereocenters. The minimum absolute atomic E-state index is 0.0623. The first kappa shape index (κ1) is 25.2. The summed E-state index contributed by atoms with van der Waals surface area (Å²) in [5.41, 5.74) is 5.31. The van der Waals surface area contributed by atoms with Crippen LogP contribution >= 0.6 is 0 Å². The van der Waals surface area contributed by atoms with Gasteiger partial charge in [0.25, 0.3) is 5.56 Å². The summed E-state index contributed by atoms with van der Waals surface area (Å²) in [6.45, 7) is 0. The van der Waals surface area contributed by atoms with Crippen molar-refractivity contribution in [3.8, 4) is 16.8 Å². The zero-order chi connectivity index (χ0) is 30.4. The Balaban J connectivity index is 1.26. The maximum atomic E-state index is 14.3. The highest BCUT2D eigenvalue weighted by Gasteiger charge is 2.18. The van der Waals surface area contributed by atoms with Gasteiger partial charge in [0, 0.05) is 21.5 Å². The molecule has 2 aromatic heterocycles. The Morgan fingerprint density at radius 2 is 1.13 bits per heavy atom. The molecule has 10 aromatic rings. The first-order chi connectivity index (χ1) is 22.7. The Kier molecular flexibility index (Phi) is 5.15. The second kappa shape index (κ2) is 9.40. The normalized spacial score (nSPS) is 12.0. The molecule has 0 spiro atoms. The highest BCUT2D eigenvalue weighted by Crippen LogP contribution is 2.38. The Bertz CT molecular complexity index is 2950. The molecule has 0 N–H and O–H groups in total. The average molecular weight is 588 g/mol. The summed E-state index contributed by atoms with van der Waals surface area (Å²) < 4.78 is 8.22. The molecule has 3 heteroatoms. The lowest BCUT2D eigenvalue weighted by Crippen LogP contribution is -2.19. The number of para-hydroxylation sites is 2. The van der Waals surface area contributed by atoms with Gasteiger partial charge in [-0.05, 0) is 91.3 Å². The summed E-state index contributed by atoms with van der Waals surface area (Å²) in [6, 6.07) is 52.6. The molecular weight excluding hydrogens is 562 g/mol. The van der Waals surface area contributed by atoms with Crippen molar-refractivity contribution in [3.05, 3.63) is 162 Å². The predicted molar refractivity (Wildman–Crippen MR) is 192 cm³/mol. The number of hydrogen-bond acceptors (Lipinski definition) is 2. The molecule has 0 saturated heterocycles. The summed E-state index contributed by atoms with van der Waals surface area (Å²) in [5, 5.41) is 12.1. The van der Waals surface area contributed by atoms with E-state index in [1.807, 2.05) is 53.1 Å². The number of pyridine rings is 1. The van der Waals surface area contributed by atoms with Crippen molar-refractivity contribution in [1.29, 1.82) is 0 Å². The molecule has 3 nitrogen and oxygen atoms in total. The van der Waals surface area contributed by atoms with Gasteiger partial charge < -0.3 is 4.42 Å². The maximum Gasteiger partial charge on any atom is 0.263 e. The third-order valence-corrected chi connectivity index (χ3v) is 9.57. The molecule has 0 aliphatic rings. The Labute approximate surface area is 263 Å². The second-order valence-electron chi connectivity index (χ2n) is 12.1. The number of fused-ring (bicyclic) bond motifs is 10. The smallest absolute Gasteiger partial charge is 0.263 e. The third kappa shape index (κ3) is 3.51. The molecular formula is C43H25NO2. The molecule has 0 bridgehead atoms. The zero-order valence-corrected chi connectivity index (χ0v) is 24.7. The van der Waals surface area contributed by atoms with Crippen LogP contribution in [0, 0.1) is 0 Å². The molecule has 46 heavy (non-hydrogen) atoms. The molecule has 2 heterocycles. The highest BCUT2D eigenvalue weighted by atomic mass is 16.3. The molecule has 10 rings (SSSR count). The summed E-state index contributed by atoms with van der Waals surface area (Å²) in [4.78, 5) is 14.3. The molecule has 0 fully saturated rings. The van der Waals surface area contributed by atoms with Gasteiger partial charge in [0.2, 0.25) is 0 Å². The fourth-order valence-corrected chi connectivity index (χ4v) is 7.43. The topological polar surface area (TPSA) is 35.1 Å². The van der Waals surface area contributed by atoms with Crippen LogP contribution in [0.2, 0.25) is 0 Å². The van der Waals surface area contributed by atoms with Crippen molar-refractivity contribution < 1.29 is 4.42 Å². The second-order valence-corrected chi connectivity index (χ2v) is 12.1. The van der Waals surface area contributed by atoms with Crippen molar-refractivity contribution in [2.75, 3.05) is 0 Å². The lowest BCUT2D eigenvalue weighted by Gasteiger charge is -2.16. The lowest BCUT2D eigenvalue weighted by molar-refractivity contribution is 0.665. The monoisotopic (exact) mass is 587 g/mol. The van der Waals surface area contributed by atoms with E-state index in [2.05, 4.69) is 103 Å². The first-order valence-electron chi connectivity index (χ1n) is 15.6. The number of rotatable bonds is 2. The van der Waals surface area contributed by atoms with Gasteiger partial charge in [-0.1, -0.05) is 109 Å². The van der Waals surface area contributed by atoms with Crippen LogP contribution in [0.3, 0.4) is 0 Å². The van der Waals surface area contributed by atoms with Gasteiger partial charge >= 0.3 is 0 Å². The largest absolute Gasteiger partial charge is 0.454 e. The molecule has 0 radical (unpaired) electrons. The van der Waals surface area contributed by atoms with Gasteiger partial charge in [0.1, 0.15) is 5.58 Å². The lowest BCUT2D eigenvalue weighted by atomic mass is 9.92. The van der Waals surface area contributed by atoms with Gasteiger partial charge in [-0.25, -0.2) is 0 Å². The standard InChI is InChI=1S/C43H25NO2/c45-43-36-13-4-3-11-32(36)38-25-29(20-22-39(38)44(43)40-17-8-16-35-34-12-5-6-18-41(34)46-42(35)40)30-14-7-15-31-33(30)21-19-28-23-26-9-1-2-10-27(26)24-37(28)31/h1-25H. The van der Waals surface area contributed by atoms with Crippen LogP contribution in [0.4, 0.5) is 0 Å². The van der Waals surface area contributed by atoms with E-state index in [1.165, 1.54) is 32.3 Å². The van der Waals surface area contributed by atoms with E-state index in [4.69, 9.17) is 4.42 Å². The van der Waals surface area contributed by atoms with E-state index in [-0.39, 0.29) is 5.56 Å². The Morgan fingerprint density at radius 3 is 2.02 bits per heavy atom. The third-order valence-electron chi connectivity index (χ3n) is 9.57. The number of aromatic nitrogens is 1. The number of furan rings is 1. The number of hydrogen-bond donors (Lipinski definition) is 0. The van der Waals surface area contributed by atoms with E-state index in [0.717, 1.165) is 49.5 Å². The number of benzene rings is 8. The summed E-state index contributed by atoms with van der Waals surface area (Å²) in [7, 11) is 0. The predicted octanol–water partition coefficient (Wildman–Crippen LogP) is 11.2. The fraction of sp³-hybridized carbons (Fsp3) is 0. The van der Waals surface area contributed by atoms with Gasteiger partial charge in [-0.2, -0.15) is 0 Å². The van der Waals surface area contributed by atoms with Crippen molar-refractivity contribution in [2.45, 2.75) is 0 Å². The van der Waals surface area contributed by atoms with Crippen LogP contribution in [-0.4, -0.2) is 4.57 Å². The van der Waals surface area contributed by atoms with Crippen LogP contribution in [0.15, 0.2) is 161 Å². The van der Waals surface area contributed by atoms with Gasteiger partial charge in [0.15, 0.2) is 5.58 Å². The average Bonchev–Trinajstić information content (AvgIpc) is 3.50. The first-order valence-corrected chi connectivity index (χ1v) is 15.6. The van der Waals surface area contributed by atoms with Crippen molar-refractivity contribution in [2.24, 2.45) is 0 Å². The van der Waals surface area contributed by atoms with Crippen molar-refractivity contribution >= 4 is 75.9 Å². The quantitative estimate of drug-likeness (QED) is 0.149. The minimum Gasteiger partial charge on any atom is -0.454 e. The van der Waals surface area contributed by atoms with Crippen LogP contribution in [0.1, 0.15) is 0 Å². The van der Waals surface area contributed by atoms with Crippen molar-refractivity contribution in [3.63, 3.8) is 0 Å². The van der Waals surface area contributed by atoms with Crippen LogP contribution < -0.4 is 5.56 Å². The van der Waals surface area contributed by atoms with Crippen LogP contribution in [0.25, 0.3) is 92.7 Å². The summed E-state index contributed by atoms with van der Waals surface area (Å²) in [6.07, 6.45) is 0. The Hall–Kier alpha value is -6.19. The van der Waals surface area contributed by atoms with E-state index < -0.39 is 0 Å². The van der Waals surface area contributed by atoms with E-state index in [0.29, 0.717) is 11.0 Å². The van der Waals surface area contributed by atoms with Gasteiger partial charge in [0.05, 0.1) is 11.2 Å². The SMILES string of the molecule is O=c1c2ccccc2c2cc(-c3cccc4c3ccc3cc5ccccc5cc34)ccc2n1-c1cccc2c1oc1ccccc12. The molecule has 0 saturated carbocycles. The highest BCUT2D eigenvalue weighted by molar-refractivity contribution is 6.16. The maximum absolute atomic E-state index is 14.3. The van der Waals surface area contributed by atoms with Gasteiger partial charge in [-0.15, -0.1) is 0 Å². The van der Waals surface area contributed by atoms with Crippen molar-refractivity contribution in [1.82, 2.24) is 4.57 Å². The fourth-order valence-electron chi connectivity index (χ4n) is 7.43. The molecule has 0 aliphatic carbocycles. The summed E-state index contributed by atoms with van der Waals surface area (Å²) >= 11 is 0.